The quantitative estimate of drug-likeness (QED) is 0.349. The molecule has 0 aromatic carbocycles. The van der Waals surface area contributed by atoms with E-state index in [4.69, 9.17) is 0 Å². The van der Waals surface area contributed by atoms with Gasteiger partial charge in [0.05, 0.1) is 5.75 Å². The van der Waals surface area contributed by atoms with E-state index < -0.39 is 9.84 Å². The fourth-order valence-electron chi connectivity index (χ4n) is 1.38. The molecule has 3 nitrogen and oxygen atoms in total. The van der Waals surface area contributed by atoms with Crippen LogP contribution in [0.15, 0.2) is 0 Å². The third kappa shape index (κ3) is 11.1. The van der Waals surface area contributed by atoms with Crippen molar-refractivity contribution >= 4 is 32.4 Å². The van der Waals surface area contributed by atoms with Crippen LogP contribution in [0, 0.1) is 0 Å². The highest BCUT2D eigenvalue weighted by atomic mass is 127. The van der Waals surface area contributed by atoms with E-state index >= 15 is 0 Å². The lowest BCUT2D eigenvalue weighted by Crippen LogP contribution is -2.20. The summed E-state index contributed by atoms with van der Waals surface area (Å²) < 4.78 is 23.6. The highest BCUT2D eigenvalue weighted by Gasteiger charge is 2.05. The molecule has 0 radical (unpaired) electrons. The van der Waals surface area contributed by atoms with Crippen LogP contribution in [0.2, 0.25) is 0 Å². The largest absolute Gasteiger partial charge is 0.317 e. The predicted octanol–water partition coefficient (Wildman–Crippen LogP) is 2.40. The Hall–Kier alpha value is 0.640. The van der Waals surface area contributed by atoms with E-state index in [9.17, 15) is 8.42 Å². The average molecular weight is 361 g/mol. The van der Waals surface area contributed by atoms with E-state index in [2.05, 4.69) is 27.9 Å². The number of nitrogens with one attached hydrogen (secondary N) is 1. The Kier molecular flexibility index (Phi) is 11.2. The van der Waals surface area contributed by atoms with Gasteiger partial charge >= 0.3 is 0 Å². The summed E-state index contributed by atoms with van der Waals surface area (Å²) in [5.41, 5.74) is 0. The van der Waals surface area contributed by atoms with E-state index in [0.717, 1.165) is 19.5 Å². The number of alkyl halides is 1. The van der Waals surface area contributed by atoms with Crippen LogP contribution in [-0.4, -0.2) is 37.4 Å². The van der Waals surface area contributed by atoms with Gasteiger partial charge in [0.25, 0.3) is 0 Å². The zero-order chi connectivity index (χ0) is 12.3. The lowest BCUT2D eigenvalue weighted by molar-refractivity contribution is 0.580. The minimum Gasteiger partial charge on any atom is -0.317 e. The Balaban J connectivity index is 3.16. The molecule has 0 aliphatic carbocycles. The molecule has 98 valence electrons. The summed E-state index contributed by atoms with van der Waals surface area (Å²) in [6.45, 7) is 3.55. The molecule has 1 N–H and O–H groups in total. The third-order valence-corrected chi connectivity index (χ3v) is 5.04. The summed E-state index contributed by atoms with van der Waals surface area (Å²) in [7, 11) is -2.77. The first-order chi connectivity index (χ1) is 7.62. The maximum Gasteiger partial charge on any atom is 0.150 e. The first-order valence-corrected chi connectivity index (χ1v) is 9.44. The van der Waals surface area contributed by atoms with Gasteiger partial charge in [0.15, 0.2) is 0 Å². The molecule has 0 atom stereocenters. The zero-order valence-electron chi connectivity index (χ0n) is 10.2. The summed E-state index contributed by atoms with van der Waals surface area (Å²) in [5.74, 6) is 0.592. The van der Waals surface area contributed by atoms with Crippen LogP contribution in [0.1, 0.15) is 39.0 Å². The monoisotopic (exact) mass is 361 g/mol. The smallest absolute Gasteiger partial charge is 0.150 e. The van der Waals surface area contributed by atoms with Crippen LogP contribution < -0.4 is 5.32 Å². The maximum atomic E-state index is 11.2. The van der Waals surface area contributed by atoms with E-state index in [0.29, 0.717) is 5.75 Å². The van der Waals surface area contributed by atoms with Gasteiger partial charge in [-0.05, 0) is 36.8 Å². The summed E-state index contributed by atoms with van der Waals surface area (Å²) in [4.78, 5) is 0. The molecule has 0 unspecified atom stereocenters. The van der Waals surface area contributed by atoms with Crippen LogP contribution in [0.5, 0.6) is 0 Å². The normalized spacial score (nSPS) is 11.9. The number of sulfone groups is 1. The molecule has 0 amide bonds. The topological polar surface area (TPSA) is 46.2 Å². The van der Waals surface area contributed by atoms with Gasteiger partial charge in [0.2, 0.25) is 0 Å². The molecule has 0 aliphatic rings. The highest BCUT2D eigenvalue weighted by molar-refractivity contribution is 14.1. The van der Waals surface area contributed by atoms with Gasteiger partial charge in [0.1, 0.15) is 9.84 Å². The van der Waals surface area contributed by atoms with Gasteiger partial charge in [-0.3, -0.25) is 0 Å². The number of hydrogen-bond donors (Lipinski definition) is 1. The lowest BCUT2D eigenvalue weighted by atomic mass is 10.2. The van der Waals surface area contributed by atoms with Gasteiger partial charge in [-0.2, -0.15) is 0 Å². The first-order valence-electron chi connectivity index (χ1n) is 6.09. The molecule has 0 saturated heterocycles. The molecule has 0 aromatic heterocycles. The van der Waals surface area contributed by atoms with Crippen LogP contribution in [0.25, 0.3) is 0 Å². The Morgan fingerprint density at radius 2 is 1.62 bits per heavy atom. The summed E-state index contributed by atoms with van der Waals surface area (Å²) in [6, 6.07) is 0. The molecule has 5 heteroatoms. The maximum absolute atomic E-state index is 11.2. The van der Waals surface area contributed by atoms with Crippen molar-refractivity contribution in [2.24, 2.45) is 0 Å². The average Bonchev–Trinajstić information content (AvgIpc) is 2.27. The SMILES string of the molecule is CCS(=O)(=O)CCCNCCCCCCI. The first kappa shape index (κ1) is 16.6. The fourth-order valence-corrected chi connectivity index (χ4v) is 2.80. The highest BCUT2D eigenvalue weighted by Crippen LogP contribution is 2.01. The predicted molar refractivity (Wildman–Crippen MR) is 79.2 cm³/mol. The van der Waals surface area contributed by atoms with Crippen molar-refractivity contribution in [2.75, 3.05) is 29.0 Å². The van der Waals surface area contributed by atoms with E-state index in [1.54, 1.807) is 6.92 Å². The molecule has 0 spiro atoms. The molecule has 0 rings (SSSR count). The van der Waals surface area contributed by atoms with Crippen molar-refractivity contribution in [3.8, 4) is 0 Å². The van der Waals surface area contributed by atoms with E-state index in [1.165, 1.54) is 30.1 Å². The molecular weight excluding hydrogens is 337 g/mol. The standard InChI is InChI=1S/C11H24INO2S/c1-2-16(14,15)11-7-10-13-9-6-4-3-5-8-12/h13H,2-11H2,1H3. The summed E-state index contributed by atoms with van der Waals surface area (Å²) in [5, 5.41) is 3.29. The Bertz CT molecular complexity index is 242. The van der Waals surface area contributed by atoms with Crippen molar-refractivity contribution < 1.29 is 8.42 Å². The minimum absolute atomic E-state index is 0.267. The lowest BCUT2D eigenvalue weighted by Gasteiger charge is -2.04. The second kappa shape index (κ2) is 10.8. The summed E-state index contributed by atoms with van der Waals surface area (Å²) >= 11 is 2.41. The van der Waals surface area contributed by atoms with Crippen LogP contribution in [0.4, 0.5) is 0 Å². The number of rotatable bonds is 11. The van der Waals surface area contributed by atoms with Gasteiger partial charge in [-0.15, -0.1) is 0 Å². The Labute approximate surface area is 114 Å². The van der Waals surface area contributed by atoms with Crippen molar-refractivity contribution in [1.29, 1.82) is 0 Å². The number of halogens is 1. The van der Waals surface area contributed by atoms with Gasteiger partial charge in [0, 0.05) is 5.75 Å². The zero-order valence-corrected chi connectivity index (χ0v) is 13.1. The van der Waals surface area contributed by atoms with Crippen LogP contribution in [0.3, 0.4) is 0 Å². The third-order valence-electron chi connectivity index (χ3n) is 2.49. The molecule has 0 aromatic rings. The number of unbranched alkanes of at least 4 members (excludes halogenated alkanes) is 3. The van der Waals surface area contributed by atoms with Gasteiger partial charge < -0.3 is 5.32 Å². The van der Waals surface area contributed by atoms with E-state index in [1.807, 2.05) is 0 Å². The molecule has 0 aliphatic heterocycles. The Morgan fingerprint density at radius 1 is 1.00 bits per heavy atom. The minimum atomic E-state index is -2.77. The molecule has 0 heterocycles. The molecular formula is C11H24INO2S. The van der Waals surface area contributed by atoms with E-state index in [-0.39, 0.29) is 5.75 Å². The molecule has 0 saturated carbocycles. The van der Waals surface area contributed by atoms with Gasteiger partial charge in [-0.25, -0.2) is 8.42 Å². The van der Waals surface area contributed by atoms with Crippen LogP contribution >= 0.6 is 22.6 Å². The van der Waals surface area contributed by atoms with Crippen molar-refractivity contribution in [3.05, 3.63) is 0 Å². The van der Waals surface area contributed by atoms with Gasteiger partial charge in [-0.1, -0.05) is 42.4 Å². The van der Waals surface area contributed by atoms with Crippen molar-refractivity contribution in [2.45, 2.75) is 39.0 Å². The fraction of sp³-hybridized carbons (Fsp3) is 1.00. The van der Waals surface area contributed by atoms with Crippen molar-refractivity contribution in [3.63, 3.8) is 0 Å². The summed E-state index contributed by atoms with van der Waals surface area (Å²) in [6.07, 6.45) is 5.86. The van der Waals surface area contributed by atoms with Crippen LogP contribution in [-0.2, 0) is 9.84 Å². The van der Waals surface area contributed by atoms with Crippen molar-refractivity contribution in [1.82, 2.24) is 5.32 Å². The molecule has 0 fully saturated rings. The number of hydrogen-bond acceptors (Lipinski definition) is 3. The molecule has 0 bridgehead atoms. The second-order valence-electron chi connectivity index (χ2n) is 3.94. The molecule has 16 heavy (non-hydrogen) atoms. The second-order valence-corrected chi connectivity index (χ2v) is 7.49. The Morgan fingerprint density at radius 3 is 2.25 bits per heavy atom.